The van der Waals surface area contributed by atoms with Crippen LogP contribution < -0.4 is 4.74 Å². The second-order valence-electron chi connectivity index (χ2n) is 6.50. The molecule has 0 fully saturated rings. The van der Waals surface area contributed by atoms with E-state index >= 15 is 0 Å². The molecule has 1 aromatic rings. The molecule has 0 atom stereocenters. The van der Waals surface area contributed by atoms with E-state index in [-0.39, 0.29) is 6.61 Å². The zero-order chi connectivity index (χ0) is 16.6. The van der Waals surface area contributed by atoms with Gasteiger partial charge in [0.15, 0.2) is 0 Å². The van der Waals surface area contributed by atoms with Gasteiger partial charge < -0.3 is 9.84 Å². The first-order valence-electron chi connectivity index (χ1n) is 9.70. The smallest absolute Gasteiger partial charge is 0.124 e. The highest BCUT2D eigenvalue weighted by atomic mass is 16.5. The van der Waals surface area contributed by atoms with Crippen LogP contribution in [0, 0.1) is 0 Å². The Morgan fingerprint density at radius 2 is 1.26 bits per heavy atom. The second-order valence-corrected chi connectivity index (χ2v) is 6.50. The molecular weight excluding hydrogens is 284 g/mol. The standard InChI is InChI=1S/C21H36O2/c1-2-3-4-5-6-7-8-9-10-11-12-15-18-23-21-17-14-13-16-20(21)19-22/h13-14,16-17,22H,2-12,15,18-19H2,1H3. The Balaban J connectivity index is 1.86. The van der Waals surface area contributed by atoms with Gasteiger partial charge >= 0.3 is 0 Å². The fourth-order valence-electron chi connectivity index (χ4n) is 2.90. The van der Waals surface area contributed by atoms with Crippen LogP contribution in [0.4, 0.5) is 0 Å². The molecule has 0 radical (unpaired) electrons. The quantitative estimate of drug-likeness (QED) is 0.386. The Morgan fingerprint density at radius 1 is 0.739 bits per heavy atom. The van der Waals surface area contributed by atoms with Crippen LogP contribution in [0.25, 0.3) is 0 Å². The number of ether oxygens (including phenoxy) is 1. The van der Waals surface area contributed by atoms with Crippen LogP contribution in [0.15, 0.2) is 24.3 Å². The Morgan fingerprint density at radius 3 is 1.83 bits per heavy atom. The lowest BCUT2D eigenvalue weighted by molar-refractivity contribution is 0.260. The first-order valence-corrected chi connectivity index (χ1v) is 9.70. The molecule has 2 nitrogen and oxygen atoms in total. The van der Waals surface area contributed by atoms with Crippen molar-refractivity contribution >= 4 is 0 Å². The van der Waals surface area contributed by atoms with E-state index in [1.807, 2.05) is 24.3 Å². The molecule has 0 saturated carbocycles. The van der Waals surface area contributed by atoms with Crippen LogP contribution in [0.1, 0.15) is 89.5 Å². The average molecular weight is 321 g/mol. The predicted molar refractivity (Wildman–Crippen MR) is 98.9 cm³/mol. The van der Waals surface area contributed by atoms with Crippen LogP contribution in [-0.2, 0) is 6.61 Å². The molecule has 0 bridgehead atoms. The van der Waals surface area contributed by atoms with Gasteiger partial charge in [-0.1, -0.05) is 95.8 Å². The summed E-state index contributed by atoms with van der Waals surface area (Å²) < 4.78 is 5.76. The van der Waals surface area contributed by atoms with Gasteiger partial charge in [-0.15, -0.1) is 0 Å². The van der Waals surface area contributed by atoms with Crippen molar-refractivity contribution in [3.8, 4) is 5.75 Å². The topological polar surface area (TPSA) is 29.5 Å². The fourth-order valence-corrected chi connectivity index (χ4v) is 2.90. The highest BCUT2D eigenvalue weighted by molar-refractivity contribution is 5.32. The molecule has 1 aromatic carbocycles. The van der Waals surface area contributed by atoms with Crippen LogP contribution in [0.5, 0.6) is 5.75 Å². The summed E-state index contributed by atoms with van der Waals surface area (Å²) in [6.07, 6.45) is 16.3. The van der Waals surface area contributed by atoms with Gasteiger partial charge in [0.05, 0.1) is 13.2 Å². The van der Waals surface area contributed by atoms with Crippen molar-refractivity contribution in [1.29, 1.82) is 0 Å². The van der Waals surface area contributed by atoms with E-state index in [9.17, 15) is 5.11 Å². The van der Waals surface area contributed by atoms with Gasteiger partial charge in [-0.2, -0.15) is 0 Å². The third-order valence-corrected chi connectivity index (χ3v) is 4.40. The maximum absolute atomic E-state index is 9.24. The number of aliphatic hydroxyl groups excluding tert-OH is 1. The molecule has 2 heteroatoms. The second kappa shape index (κ2) is 14.6. The summed E-state index contributed by atoms with van der Waals surface area (Å²) in [5.41, 5.74) is 0.881. The number of unbranched alkanes of at least 4 members (excludes halogenated alkanes) is 11. The summed E-state index contributed by atoms with van der Waals surface area (Å²) in [7, 11) is 0. The Kier molecular flexibility index (Phi) is 12.7. The van der Waals surface area contributed by atoms with Gasteiger partial charge in [-0.05, 0) is 12.5 Å². The molecule has 0 unspecified atom stereocenters. The van der Waals surface area contributed by atoms with Gasteiger partial charge in [0.1, 0.15) is 5.75 Å². The van der Waals surface area contributed by atoms with Crippen molar-refractivity contribution in [2.24, 2.45) is 0 Å². The molecular formula is C21H36O2. The van der Waals surface area contributed by atoms with E-state index in [1.54, 1.807) is 0 Å². The Hall–Kier alpha value is -1.02. The summed E-state index contributed by atoms with van der Waals surface area (Å²) in [4.78, 5) is 0. The van der Waals surface area contributed by atoms with Gasteiger partial charge in [0.25, 0.3) is 0 Å². The minimum atomic E-state index is 0.0502. The summed E-state index contributed by atoms with van der Waals surface area (Å²) in [5.74, 6) is 0.832. The summed E-state index contributed by atoms with van der Waals surface area (Å²) in [5, 5.41) is 9.24. The molecule has 0 saturated heterocycles. The Labute approximate surface area is 143 Å². The van der Waals surface area contributed by atoms with Crippen molar-refractivity contribution in [2.45, 2.75) is 90.6 Å². The third-order valence-electron chi connectivity index (χ3n) is 4.40. The molecule has 0 heterocycles. The maximum atomic E-state index is 9.24. The summed E-state index contributed by atoms with van der Waals surface area (Å²) in [6, 6.07) is 7.74. The lowest BCUT2D eigenvalue weighted by Gasteiger charge is -2.09. The molecule has 23 heavy (non-hydrogen) atoms. The van der Waals surface area contributed by atoms with Crippen molar-refractivity contribution in [1.82, 2.24) is 0 Å². The van der Waals surface area contributed by atoms with Crippen molar-refractivity contribution in [2.75, 3.05) is 6.61 Å². The molecule has 132 valence electrons. The lowest BCUT2D eigenvalue weighted by Crippen LogP contribution is -2.00. The van der Waals surface area contributed by atoms with E-state index in [0.29, 0.717) is 0 Å². The molecule has 0 amide bonds. The fraction of sp³-hybridized carbons (Fsp3) is 0.714. The lowest BCUT2D eigenvalue weighted by atomic mass is 10.1. The number of benzene rings is 1. The van der Waals surface area contributed by atoms with Crippen LogP contribution in [-0.4, -0.2) is 11.7 Å². The Bertz CT molecular complexity index is 376. The van der Waals surface area contributed by atoms with Crippen molar-refractivity contribution in [3.63, 3.8) is 0 Å². The van der Waals surface area contributed by atoms with Gasteiger partial charge in [0.2, 0.25) is 0 Å². The minimum Gasteiger partial charge on any atom is -0.493 e. The van der Waals surface area contributed by atoms with E-state index < -0.39 is 0 Å². The molecule has 0 aliphatic heterocycles. The SMILES string of the molecule is CCCCCCCCCCCCCCOc1ccccc1CO. The van der Waals surface area contributed by atoms with Crippen LogP contribution in [0.3, 0.4) is 0 Å². The van der Waals surface area contributed by atoms with E-state index in [4.69, 9.17) is 4.74 Å². The van der Waals surface area contributed by atoms with Gasteiger partial charge in [-0.3, -0.25) is 0 Å². The highest BCUT2D eigenvalue weighted by Gasteiger charge is 2.00. The van der Waals surface area contributed by atoms with Crippen LogP contribution >= 0.6 is 0 Å². The predicted octanol–water partition coefficient (Wildman–Crippen LogP) is 6.26. The summed E-state index contributed by atoms with van der Waals surface area (Å²) in [6.45, 7) is 3.08. The molecule has 1 rings (SSSR count). The molecule has 0 aliphatic rings. The van der Waals surface area contributed by atoms with E-state index in [2.05, 4.69) is 6.92 Å². The largest absolute Gasteiger partial charge is 0.493 e. The van der Waals surface area contributed by atoms with Crippen molar-refractivity contribution in [3.05, 3.63) is 29.8 Å². The third kappa shape index (κ3) is 10.4. The normalized spacial score (nSPS) is 10.9. The number of para-hydroxylation sites is 1. The average Bonchev–Trinajstić information content (AvgIpc) is 2.59. The van der Waals surface area contributed by atoms with Gasteiger partial charge in [0, 0.05) is 5.56 Å². The highest BCUT2D eigenvalue weighted by Crippen LogP contribution is 2.18. The number of hydrogen-bond acceptors (Lipinski definition) is 2. The van der Waals surface area contributed by atoms with Crippen molar-refractivity contribution < 1.29 is 9.84 Å². The first kappa shape index (κ1) is 20.0. The van der Waals surface area contributed by atoms with Gasteiger partial charge in [-0.25, -0.2) is 0 Å². The molecule has 1 N–H and O–H groups in total. The van der Waals surface area contributed by atoms with E-state index in [1.165, 1.54) is 70.6 Å². The van der Waals surface area contributed by atoms with E-state index in [0.717, 1.165) is 24.3 Å². The minimum absolute atomic E-state index is 0.0502. The van der Waals surface area contributed by atoms with Crippen LogP contribution in [0.2, 0.25) is 0 Å². The summed E-state index contributed by atoms with van der Waals surface area (Å²) >= 11 is 0. The monoisotopic (exact) mass is 320 g/mol. The zero-order valence-corrected chi connectivity index (χ0v) is 15.1. The molecule has 0 spiro atoms. The number of rotatable bonds is 15. The first-order chi connectivity index (χ1) is 11.4. The number of aliphatic hydroxyl groups is 1. The molecule has 0 aliphatic carbocycles. The maximum Gasteiger partial charge on any atom is 0.124 e. The number of hydrogen-bond donors (Lipinski definition) is 1. The zero-order valence-electron chi connectivity index (χ0n) is 15.1. The molecule has 0 aromatic heterocycles.